The van der Waals surface area contributed by atoms with E-state index in [1.807, 2.05) is 0 Å². The van der Waals surface area contributed by atoms with Gasteiger partial charge < -0.3 is 4.74 Å². The summed E-state index contributed by atoms with van der Waals surface area (Å²) in [5.41, 5.74) is 0. The van der Waals surface area contributed by atoms with Gasteiger partial charge >= 0.3 is 5.97 Å². The Balaban J connectivity index is 1.79. The van der Waals surface area contributed by atoms with Crippen molar-refractivity contribution in [3.63, 3.8) is 0 Å². The van der Waals surface area contributed by atoms with Gasteiger partial charge in [0.1, 0.15) is 0 Å². The molecule has 0 atom stereocenters. The Morgan fingerprint density at radius 3 is 2.39 bits per heavy atom. The molecule has 0 bridgehead atoms. The van der Waals surface area contributed by atoms with Crippen LogP contribution in [0.1, 0.15) is 90.4 Å². The molecule has 1 fully saturated rings. The van der Waals surface area contributed by atoms with Gasteiger partial charge in [-0.25, -0.2) is 0 Å². The first-order chi connectivity index (χ1) is 11.3. The van der Waals surface area contributed by atoms with Crippen molar-refractivity contribution in [2.75, 3.05) is 6.61 Å². The van der Waals surface area contributed by atoms with Crippen molar-refractivity contribution in [3.8, 4) is 0 Å². The molecule has 2 heteroatoms. The summed E-state index contributed by atoms with van der Waals surface area (Å²) >= 11 is 0. The fraction of sp³-hybridized carbons (Fsp3) is 0.762. The molecule has 0 saturated heterocycles. The van der Waals surface area contributed by atoms with Gasteiger partial charge in [0.15, 0.2) is 0 Å². The van der Waals surface area contributed by atoms with Crippen molar-refractivity contribution in [2.24, 2.45) is 5.92 Å². The van der Waals surface area contributed by atoms with Gasteiger partial charge in [-0.1, -0.05) is 63.3 Å². The standard InChI is InChI=1S/C21H36O2/c1-2-3-4-5-6-7-8-9-10-11-12-13-16-21(22)23-19-14-15-20-17-18-20/h5-6,8-9,20H,2-4,7,10-19H2,1H3/b6-5+,9-8+. The van der Waals surface area contributed by atoms with E-state index in [9.17, 15) is 4.79 Å². The van der Waals surface area contributed by atoms with E-state index in [0.717, 1.165) is 38.0 Å². The van der Waals surface area contributed by atoms with Crippen LogP contribution >= 0.6 is 0 Å². The summed E-state index contributed by atoms with van der Waals surface area (Å²) in [6, 6.07) is 0. The molecule has 0 aromatic heterocycles. The lowest BCUT2D eigenvalue weighted by atomic mass is 10.1. The van der Waals surface area contributed by atoms with Gasteiger partial charge in [0.05, 0.1) is 6.61 Å². The zero-order valence-electron chi connectivity index (χ0n) is 15.1. The van der Waals surface area contributed by atoms with Crippen LogP contribution in [-0.4, -0.2) is 12.6 Å². The predicted octanol–water partition coefficient (Wildman–Crippen LogP) is 6.36. The van der Waals surface area contributed by atoms with E-state index in [-0.39, 0.29) is 5.97 Å². The first-order valence-electron chi connectivity index (χ1n) is 9.78. The average molecular weight is 321 g/mol. The first kappa shape index (κ1) is 20.0. The second kappa shape index (κ2) is 14.5. The smallest absolute Gasteiger partial charge is 0.305 e. The van der Waals surface area contributed by atoms with E-state index in [1.165, 1.54) is 44.9 Å². The average Bonchev–Trinajstić information content (AvgIpc) is 3.37. The van der Waals surface area contributed by atoms with Crippen LogP contribution in [-0.2, 0) is 9.53 Å². The van der Waals surface area contributed by atoms with Crippen LogP contribution in [0.4, 0.5) is 0 Å². The van der Waals surface area contributed by atoms with E-state index in [1.54, 1.807) is 0 Å². The summed E-state index contributed by atoms with van der Waals surface area (Å²) in [7, 11) is 0. The Labute approximate surface area is 143 Å². The van der Waals surface area contributed by atoms with Crippen molar-refractivity contribution in [2.45, 2.75) is 90.4 Å². The molecule has 0 spiro atoms. The molecule has 2 nitrogen and oxygen atoms in total. The number of carbonyl (C=O) groups excluding carboxylic acids is 1. The third kappa shape index (κ3) is 14.3. The normalized spacial score (nSPS) is 14.8. The van der Waals surface area contributed by atoms with Gasteiger partial charge in [-0.2, -0.15) is 0 Å². The minimum atomic E-state index is -0.00597. The zero-order chi connectivity index (χ0) is 16.6. The summed E-state index contributed by atoms with van der Waals surface area (Å²) in [4.78, 5) is 11.5. The molecule has 23 heavy (non-hydrogen) atoms. The first-order valence-corrected chi connectivity index (χ1v) is 9.78. The van der Waals surface area contributed by atoms with Gasteiger partial charge in [0, 0.05) is 6.42 Å². The summed E-state index contributed by atoms with van der Waals surface area (Å²) in [5, 5.41) is 0. The van der Waals surface area contributed by atoms with Gasteiger partial charge in [-0.15, -0.1) is 0 Å². The lowest BCUT2D eigenvalue weighted by molar-refractivity contribution is -0.143. The highest BCUT2D eigenvalue weighted by Crippen LogP contribution is 2.33. The molecule has 0 aliphatic heterocycles. The molecule has 0 amide bonds. The van der Waals surface area contributed by atoms with Crippen LogP contribution in [0.15, 0.2) is 24.3 Å². The molecule has 1 saturated carbocycles. The van der Waals surface area contributed by atoms with Crippen LogP contribution in [0.25, 0.3) is 0 Å². The number of esters is 1. The lowest BCUT2D eigenvalue weighted by Gasteiger charge is -2.04. The second-order valence-corrected chi connectivity index (χ2v) is 6.73. The Hall–Kier alpha value is -1.05. The highest BCUT2D eigenvalue weighted by Gasteiger charge is 2.20. The largest absolute Gasteiger partial charge is 0.466 e. The second-order valence-electron chi connectivity index (χ2n) is 6.73. The minimum absolute atomic E-state index is 0.00597. The third-order valence-electron chi connectivity index (χ3n) is 4.30. The van der Waals surface area contributed by atoms with Gasteiger partial charge in [0.2, 0.25) is 0 Å². The maximum Gasteiger partial charge on any atom is 0.305 e. The van der Waals surface area contributed by atoms with Crippen LogP contribution in [0.2, 0.25) is 0 Å². The Bertz CT molecular complexity index is 340. The molecule has 132 valence electrons. The third-order valence-corrected chi connectivity index (χ3v) is 4.30. The van der Waals surface area contributed by atoms with E-state index >= 15 is 0 Å². The van der Waals surface area contributed by atoms with E-state index < -0.39 is 0 Å². The fourth-order valence-corrected chi connectivity index (χ4v) is 2.57. The van der Waals surface area contributed by atoms with E-state index in [4.69, 9.17) is 4.74 Å². The topological polar surface area (TPSA) is 26.3 Å². The highest BCUT2D eigenvalue weighted by atomic mass is 16.5. The van der Waals surface area contributed by atoms with Crippen LogP contribution in [0, 0.1) is 5.92 Å². The molecule has 1 aliphatic carbocycles. The monoisotopic (exact) mass is 320 g/mol. The van der Waals surface area contributed by atoms with Crippen LogP contribution in [0.5, 0.6) is 0 Å². The number of hydrogen-bond acceptors (Lipinski definition) is 2. The summed E-state index contributed by atoms with van der Waals surface area (Å²) < 4.78 is 5.26. The molecule has 0 radical (unpaired) electrons. The zero-order valence-corrected chi connectivity index (χ0v) is 15.1. The molecular weight excluding hydrogens is 284 g/mol. The number of carbonyl (C=O) groups is 1. The van der Waals surface area contributed by atoms with Crippen molar-refractivity contribution in [1.82, 2.24) is 0 Å². The summed E-state index contributed by atoms with van der Waals surface area (Å²) in [6.45, 7) is 2.85. The van der Waals surface area contributed by atoms with E-state index in [2.05, 4.69) is 31.2 Å². The van der Waals surface area contributed by atoms with Gasteiger partial charge in [0.25, 0.3) is 0 Å². The number of ether oxygens (including phenoxy) is 1. The fourth-order valence-electron chi connectivity index (χ4n) is 2.57. The molecule has 0 heterocycles. The number of allylic oxidation sites excluding steroid dienone is 4. The van der Waals surface area contributed by atoms with Crippen molar-refractivity contribution < 1.29 is 9.53 Å². The number of hydrogen-bond donors (Lipinski definition) is 0. The molecular formula is C21H36O2. The molecule has 0 N–H and O–H groups in total. The predicted molar refractivity (Wildman–Crippen MR) is 98.4 cm³/mol. The highest BCUT2D eigenvalue weighted by molar-refractivity contribution is 5.69. The Morgan fingerprint density at radius 1 is 0.957 bits per heavy atom. The Morgan fingerprint density at radius 2 is 1.70 bits per heavy atom. The van der Waals surface area contributed by atoms with Crippen molar-refractivity contribution in [3.05, 3.63) is 24.3 Å². The van der Waals surface area contributed by atoms with Crippen LogP contribution < -0.4 is 0 Å². The number of rotatable bonds is 15. The SMILES string of the molecule is CCCC/C=C/C/C=C/CCCCCC(=O)OCCCC1CC1. The van der Waals surface area contributed by atoms with Crippen LogP contribution in [0.3, 0.4) is 0 Å². The quantitative estimate of drug-likeness (QED) is 0.199. The van der Waals surface area contributed by atoms with Gasteiger partial charge in [-0.3, -0.25) is 4.79 Å². The van der Waals surface area contributed by atoms with Gasteiger partial charge in [-0.05, 0) is 50.9 Å². The molecule has 1 aliphatic rings. The number of unbranched alkanes of at least 4 members (excludes halogenated alkanes) is 5. The van der Waals surface area contributed by atoms with E-state index in [0.29, 0.717) is 13.0 Å². The molecule has 0 aromatic carbocycles. The summed E-state index contributed by atoms with van der Waals surface area (Å²) in [6.07, 6.45) is 23.9. The molecule has 0 unspecified atom stereocenters. The Kier molecular flexibility index (Phi) is 12.6. The van der Waals surface area contributed by atoms with Crippen molar-refractivity contribution in [1.29, 1.82) is 0 Å². The summed E-state index contributed by atoms with van der Waals surface area (Å²) in [5.74, 6) is 0.933. The lowest BCUT2D eigenvalue weighted by Crippen LogP contribution is -2.05. The minimum Gasteiger partial charge on any atom is -0.466 e. The maximum absolute atomic E-state index is 11.5. The molecule has 0 aromatic rings. The maximum atomic E-state index is 11.5. The molecule has 1 rings (SSSR count). The van der Waals surface area contributed by atoms with Crippen molar-refractivity contribution >= 4 is 5.97 Å².